The second-order valence-corrected chi connectivity index (χ2v) is 18.9. The van der Waals surface area contributed by atoms with Gasteiger partial charge in [0.1, 0.15) is 36.1 Å². The Bertz CT molecular complexity index is 1390. The first-order valence-corrected chi connectivity index (χ1v) is 18.6. The molecule has 5 aliphatic carbocycles. The summed E-state index contributed by atoms with van der Waals surface area (Å²) in [6.45, 7) is 15.1. The molecule has 9 aliphatic rings. The maximum Gasteiger partial charge on any atom is 0.302 e. The summed E-state index contributed by atoms with van der Waals surface area (Å²) in [6, 6.07) is 0. The maximum absolute atomic E-state index is 12.9. The third-order valence-electron chi connectivity index (χ3n) is 16.8. The van der Waals surface area contributed by atoms with Crippen molar-refractivity contribution in [2.24, 2.45) is 50.7 Å². The van der Waals surface area contributed by atoms with E-state index >= 15 is 0 Å². The van der Waals surface area contributed by atoms with Gasteiger partial charge in [-0.1, -0.05) is 34.6 Å². The molecular formula is C37H56O11. The lowest BCUT2D eigenvalue weighted by atomic mass is 9.41. The lowest BCUT2D eigenvalue weighted by Gasteiger charge is -2.65. The Kier molecular flexibility index (Phi) is 6.70. The number of epoxide rings is 1. The van der Waals surface area contributed by atoms with Gasteiger partial charge in [0, 0.05) is 18.8 Å². The predicted molar refractivity (Wildman–Crippen MR) is 168 cm³/mol. The SMILES string of the molecule is CC(=O)O[C@@H]1CC23C[C@@]24CC[C@H](O[C@@H]2OC[C@@H](O)[C@@H](O)C2O)C(C)(C)[C@@H]4CC[C@H]3[C@]2(C)CC3O[C@]4(C[C@@H](C)[C@@H]3[C@@]12C)OC(O)C1(C)OC14. The van der Waals surface area contributed by atoms with Crippen LogP contribution in [0.3, 0.4) is 0 Å². The summed E-state index contributed by atoms with van der Waals surface area (Å²) in [5, 5.41) is 41.7. The summed E-state index contributed by atoms with van der Waals surface area (Å²) < 4.78 is 37.9. The van der Waals surface area contributed by atoms with E-state index in [1.54, 1.807) is 6.92 Å². The molecule has 6 unspecified atom stereocenters. The van der Waals surface area contributed by atoms with E-state index in [1.165, 1.54) is 0 Å². The average molecular weight is 677 g/mol. The van der Waals surface area contributed by atoms with Gasteiger partial charge in [0.25, 0.3) is 0 Å². The van der Waals surface area contributed by atoms with Gasteiger partial charge < -0.3 is 48.8 Å². The standard InChI is InChI=1S/C37H56O11/c1-17-12-37(29-34(7,47-29)30(42)48-37)46-20-13-32(5)22-9-8-21-31(3,4)23(45-28-27(41)26(40)19(39)15-43-28)10-11-35(21)16-36(22,35)14-24(44-18(2)38)33(32,6)25(17)20/h17,19-30,39-42H,8-16H2,1-7H3/t17-,19-,20?,21+,22+,23+,24-,25+,26-,27?,28+,29?,30?,32+,33-,34?,35-,36?,37-/m1/s1. The van der Waals surface area contributed by atoms with Crippen molar-refractivity contribution in [1.82, 2.24) is 0 Å². The van der Waals surface area contributed by atoms with Crippen molar-refractivity contribution in [1.29, 1.82) is 0 Å². The number of carbonyl (C=O) groups excluding carboxylic acids is 1. The van der Waals surface area contributed by atoms with E-state index in [2.05, 4.69) is 34.6 Å². The van der Waals surface area contributed by atoms with Crippen LogP contribution in [0.15, 0.2) is 0 Å². The number of hydrogen-bond donors (Lipinski definition) is 4. The Morgan fingerprint density at radius 3 is 2.23 bits per heavy atom. The van der Waals surface area contributed by atoms with Gasteiger partial charge in [0.2, 0.25) is 5.79 Å². The van der Waals surface area contributed by atoms with Gasteiger partial charge in [0.15, 0.2) is 12.6 Å². The molecule has 11 heteroatoms. The molecule has 4 heterocycles. The van der Waals surface area contributed by atoms with Gasteiger partial charge in [0.05, 0.1) is 18.8 Å². The smallest absolute Gasteiger partial charge is 0.302 e. The zero-order valence-electron chi connectivity index (χ0n) is 29.5. The minimum atomic E-state index is -1.31. The van der Waals surface area contributed by atoms with E-state index in [-0.39, 0.29) is 75.9 Å². The first-order chi connectivity index (χ1) is 22.4. The number of fused-ring (bicyclic) bond motifs is 6. The highest BCUT2D eigenvalue weighted by Crippen LogP contribution is 2.89. The molecule has 5 saturated carbocycles. The molecule has 0 aromatic rings. The summed E-state index contributed by atoms with van der Waals surface area (Å²) in [5.74, 6) is 0.0295. The van der Waals surface area contributed by atoms with Crippen LogP contribution >= 0.6 is 0 Å². The van der Waals surface area contributed by atoms with Crippen LogP contribution in [0, 0.1) is 50.7 Å². The van der Waals surface area contributed by atoms with Crippen molar-refractivity contribution >= 4 is 5.97 Å². The predicted octanol–water partition coefficient (Wildman–Crippen LogP) is 3.03. The second-order valence-electron chi connectivity index (χ2n) is 18.9. The van der Waals surface area contributed by atoms with Crippen LogP contribution < -0.4 is 0 Å². The van der Waals surface area contributed by atoms with E-state index in [1.807, 2.05) is 6.92 Å². The zero-order chi connectivity index (χ0) is 34.2. The van der Waals surface area contributed by atoms with Crippen molar-refractivity contribution in [3.63, 3.8) is 0 Å². The molecule has 4 aliphatic heterocycles. The molecule has 11 nitrogen and oxygen atoms in total. The van der Waals surface area contributed by atoms with Crippen LogP contribution in [0.25, 0.3) is 0 Å². The Hall–Kier alpha value is -0.890. The highest BCUT2D eigenvalue weighted by molar-refractivity contribution is 5.66. The van der Waals surface area contributed by atoms with Crippen molar-refractivity contribution in [2.45, 2.75) is 167 Å². The monoisotopic (exact) mass is 676 g/mol. The molecular weight excluding hydrogens is 620 g/mol. The van der Waals surface area contributed by atoms with Crippen molar-refractivity contribution in [3.8, 4) is 0 Å². The fraction of sp³-hybridized carbons (Fsp3) is 0.973. The van der Waals surface area contributed by atoms with Gasteiger partial charge in [-0.25, -0.2) is 0 Å². The van der Waals surface area contributed by atoms with Crippen LogP contribution in [0.2, 0.25) is 0 Å². The van der Waals surface area contributed by atoms with Crippen LogP contribution in [0.4, 0.5) is 0 Å². The summed E-state index contributed by atoms with van der Waals surface area (Å²) in [7, 11) is 0. The second kappa shape index (κ2) is 9.75. The third-order valence-corrected chi connectivity index (χ3v) is 16.8. The maximum atomic E-state index is 12.9. The Morgan fingerprint density at radius 1 is 0.833 bits per heavy atom. The molecule has 4 N–H and O–H groups in total. The number of ether oxygens (including phenoxy) is 6. The van der Waals surface area contributed by atoms with E-state index in [4.69, 9.17) is 28.4 Å². The minimum Gasteiger partial charge on any atom is -0.462 e. The van der Waals surface area contributed by atoms with E-state index in [9.17, 15) is 25.2 Å². The fourth-order valence-corrected chi connectivity index (χ4v) is 14.6. The van der Waals surface area contributed by atoms with Gasteiger partial charge in [-0.15, -0.1) is 0 Å². The van der Waals surface area contributed by atoms with E-state index in [0.29, 0.717) is 18.3 Å². The Labute approximate surface area is 283 Å². The molecule has 270 valence electrons. The first kappa shape index (κ1) is 33.0. The molecule has 0 amide bonds. The number of aliphatic hydroxyl groups is 4. The number of aliphatic hydroxyl groups excluding tert-OH is 4. The summed E-state index contributed by atoms with van der Waals surface area (Å²) in [4.78, 5) is 12.9. The van der Waals surface area contributed by atoms with E-state index in [0.717, 1.165) is 44.9 Å². The van der Waals surface area contributed by atoms with Crippen molar-refractivity contribution in [3.05, 3.63) is 0 Å². The van der Waals surface area contributed by atoms with Gasteiger partial charge in [-0.2, -0.15) is 0 Å². The van der Waals surface area contributed by atoms with Crippen LogP contribution in [-0.4, -0.2) is 99.7 Å². The van der Waals surface area contributed by atoms with Crippen LogP contribution in [-0.2, 0) is 33.2 Å². The zero-order valence-corrected chi connectivity index (χ0v) is 29.5. The van der Waals surface area contributed by atoms with Gasteiger partial charge >= 0.3 is 5.97 Å². The van der Waals surface area contributed by atoms with Gasteiger partial charge in [-0.3, -0.25) is 4.79 Å². The van der Waals surface area contributed by atoms with E-state index < -0.39 is 42.3 Å². The molecule has 4 saturated heterocycles. The molecule has 19 atom stereocenters. The molecule has 3 spiro atoms. The third kappa shape index (κ3) is 3.74. The number of carbonyl (C=O) groups is 1. The summed E-state index contributed by atoms with van der Waals surface area (Å²) in [5.41, 5.74) is -1.23. The summed E-state index contributed by atoms with van der Waals surface area (Å²) >= 11 is 0. The highest BCUT2D eigenvalue weighted by Gasteiger charge is 2.87. The number of rotatable bonds is 3. The normalized spacial score (nSPS) is 63.3. The Morgan fingerprint density at radius 2 is 1.56 bits per heavy atom. The average Bonchev–Trinajstić information content (AvgIpc) is 3.84. The lowest BCUT2D eigenvalue weighted by Crippen LogP contribution is -2.64. The highest BCUT2D eigenvalue weighted by atomic mass is 16.8. The fourth-order valence-electron chi connectivity index (χ4n) is 14.6. The molecule has 0 radical (unpaired) electrons. The molecule has 9 fully saturated rings. The van der Waals surface area contributed by atoms with Crippen molar-refractivity contribution < 1.29 is 53.6 Å². The van der Waals surface area contributed by atoms with Crippen LogP contribution in [0.5, 0.6) is 0 Å². The molecule has 0 aromatic carbocycles. The number of hydrogen-bond acceptors (Lipinski definition) is 11. The molecule has 48 heavy (non-hydrogen) atoms. The molecule has 0 aromatic heterocycles. The lowest BCUT2D eigenvalue weighted by molar-refractivity contribution is -0.346. The Balaban J connectivity index is 1.03. The minimum absolute atomic E-state index is 0.0420. The topological polar surface area (TPSA) is 157 Å². The first-order valence-electron chi connectivity index (χ1n) is 18.6. The molecule has 9 rings (SSSR count). The largest absolute Gasteiger partial charge is 0.462 e. The number of esters is 1. The van der Waals surface area contributed by atoms with Crippen molar-refractivity contribution in [2.75, 3.05) is 6.61 Å². The quantitative estimate of drug-likeness (QED) is 0.198. The molecule has 0 bridgehead atoms. The van der Waals surface area contributed by atoms with Crippen LogP contribution in [0.1, 0.15) is 99.8 Å². The summed E-state index contributed by atoms with van der Waals surface area (Å²) in [6.07, 6.45) is 0.880. The van der Waals surface area contributed by atoms with Gasteiger partial charge in [-0.05, 0) is 97.2 Å².